The molecule has 0 aliphatic rings. The van der Waals surface area contributed by atoms with Gasteiger partial charge in [0.15, 0.2) is 0 Å². The molecule has 0 fully saturated rings. The Morgan fingerprint density at radius 3 is 2.60 bits per heavy atom. The van der Waals surface area contributed by atoms with Gasteiger partial charge in [-0.1, -0.05) is 0 Å². The van der Waals surface area contributed by atoms with Crippen LogP contribution in [0.4, 0.5) is 4.39 Å². The second kappa shape index (κ2) is 12.7. The highest BCUT2D eigenvalue weighted by Gasteiger charge is 2.10. The highest BCUT2D eigenvalue weighted by molar-refractivity contribution is 5.85. The topological polar surface area (TPSA) is 76.4 Å². The van der Waals surface area contributed by atoms with Crippen molar-refractivity contribution in [3.05, 3.63) is 42.0 Å². The summed E-state index contributed by atoms with van der Waals surface area (Å²) in [5.41, 5.74) is 1.20. The third-order valence-corrected chi connectivity index (χ3v) is 3.09. The number of rotatable bonds is 9. The fourth-order valence-electron chi connectivity index (χ4n) is 1.93. The van der Waals surface area contributed by atoms with Crippen molar-refractivity contribution in [2.45, 2.75) is 6.42 Å². The van der Waals surface area contributed by atoms with Gasteiger partial charge in [-0.15, -0.1) is 24.8 Å². The van der Waals surface area contributed by atoms with Gasteiger partial charge >= 0.3 is 0 Å². The summed E-state index contributed by atoms with van der Waals surface area (Å²) in [5, 5.41) is 5.92. The fraction of sp³-hybridized carbons (Fsp3) is 0.375. The highest BCUT2D eigenvalue weighted by Crippen LogP contribution is 2.19. The summed E-state index contributed by atoms with van der Waals surface area (Å²) in [6, 6.07) is 5.83. The van der Waals surface area contributed by atoms with Gasteiger partial charge in [-0.25, -0.2) is 9.37 Å². The first-order valence-electron chi connectivity index (χ1n) is 7.35. The lowest BCUT2D eigenvalue weighted by atomic mass is 10.2. The standard InChI is InChI=1S/C16H20FN3O3.2ClH/c1-22-9-8-18-6-7-19-15(21)10-14-11-23-16(20-14)12-2-4-13(17)5-3-12;;/h2-5,11,18H,6-10H2,1H3,(H,19,21);2*1H. The first-order chi connectivity index (χ1) is 11.2. The molecule has 0 atom stereocenters. The van der Waals surface area contributed by atoms with E-state index < -0.39 is 0 Å². The van der Waals surface area contributed by atoms with Gasteiger partial charge < -0.3 is 19.8 Å². The van der Waals surface area contributed by atoms with Crippen LogP contribution in [0, 0.1) is 5.82 Å². The van der Waals surface area contributed by atoms with E-state index in [4.69, 9.17) is 9.15 Å². The maximum Gasteiger partial charge on any atom is 0.226 e. The number of nitrogens with one attached hydrogen (secondary N) is 2. The van der Waals surface area contributed by atoms with E-state index in [1.807, 2.05) is 0 Å². The van der Waals surface area contributed by atoms with Gasteiger partial charge in [-0.05, 0) is 24.3 Å². The summed E-state index contributed by atoms with van der Waals surface area (Å²) in [6.07, 6.45) is 1.58. The van der Waals surface area contributed by atoms with Crippen LogP contribution >= 0.6 is 24.8 Å². The van der Waals surface area contributed by atoms with Gasteiger partial charge in [0.1, 0.15) is 12.1 Å². The van der Waals surface area contributed by atoms with Crippen LogP contribution in [0.25, 0.3) is 11.5 Å². The zero-order chi connectivity index (χ0) is 16.5. The Balaban J connectivity index is 0.00000288. The van der Waals surface area contributed by atoms with Crippen LogP contribution in [-0.2, 0) is 16.0 Å². The molecule has 1 aromatic heterocycles. The molecular weight excluding hydrogens is 372 g/mol. The van der Waals surface area contributed by atoms with E-state index in [9.17, 15) is 9.18 Å². The first-order valence-corrected chi connectivity index (χ1v) is 7.35. The number of benzene rings is 1. The number of halogens is 3. The van der Waals surface area contributed by atoms with Crippen LogP contribution in [0.3, 0.4) is 0 Å². The predicted molar refractivity (Wildman–Crippen MR) is 97.9 cm³/mol. The second-order valence-corrected chi connectivity index (χ2v) is 4.92. The average Bonchev–Trinajstić information content (AvgIpc) is 3.00. The Morgan fingerprint density at radius 2 is 1.92 bits per heavy atom. The minimum absolute atomic E-state index is 0. The average molecular weight is 394 g/mol. The molecule has 25 heavy (non-hydrogen) atoms. The third-order valence-electron chi connectivity index (χ3n) is 3.09. The van der Waals surface area contributed by atoms with Gasteiger partial charge in [-0.2, -0.15) is 0 Å². The molecule has 1 heterocycles. The van der Waals surface area contributed by atoms with Crippen LogP contribution in [-0.4, -0.2) is 44.2 Å². The number of hydrogen-bond donors (Lipinski definition) is 2. The molecule has 0 radical (unpaired) electrons. The zero-order valence-electron chi connectivity index (χ0n) is 13.8. The second-order valence-electron chi connectivity index (χ2n) is 4.92. The minimum atomic E-state index is -0.320. The molecule has 140 valence electrons. The molecule has 0 aliphatic heterocycles. The number of methoxy groups -OCH3 is 1. The molecule has 0 spiro atoms. The lowest BCUT2D eigenvalue weighted by Crippen LogP contribution is -2.33. The molecule has 2 rings (SSSR count). The van der Waals surface area contributed by atoms with E-state index in [0.29, 0.717) is 36.8 Å². The summed E-state index contributed by atoms with van der Waals surface area (Å²) in [4.78, 5) is 16.0. The van der Waals surface area contributed by atoms with Crippen molar-refractivity contribution in [2.75, 3.05) is 33.4 Å². The number of hydrogen-bond acceptors (Lipinski definition) is 5. The molecule has 2 aromatic rings. The molecule has 2 N–H and O–H groups in total. The SMILES string of the molecule is COCCNCCNC(=O)Cc1coc(-c2ccc(F)cc2)n1.Cl.Cl. The molecule has 0 saturated carbocycles. The Kier molecular flexibility index (Phi) is 11.8. The maximum absolute atomic E-state index is 12.9. The number of ether oxygens (including phenoxy) is 1. The highest BCUT2D eigenvalue weighted by atomic mass is 35.5. The maximum atomic E-state index is 12.9. The molecule has 0 saturated heterocycles. The first kappa shape index (κ1) is 23.3. The zero-order valence-corrected chi connectivity index (χ0v) is 15.4. The summed E-state index contributed by atoms with van der Waals surface area (Å²) < 4.78 is 23.1. The van der Waals surface area contributed by atoms with E-state index in [2.05, 4.69) is 15.6 Å². The van der Waals surface area contributed by atoms with Gasteiger partial charge in [0, 0.05) is 32.3 Å². The number of aromatic nitrogens is 1. The van der Waals surface area contributed by atoms with Crippen molar-refractivity contribution in [1.29, 1.82) is 0 Å². The lowest BCUT2D eigenvalue weighted by molar-refractivity contribution is -0.120. The summed E-state index contributed by atoms with van der Waals surface area (Å²) in [5.74, 6) is -0.0782. The smallest absolute Gasteiger partial charge is 0.226 e. The van der Waals surface area contributed by atoms with Crippen LogP contribution in [0.2, 0.25) is 0 Å². The van der Waals surface area contributed by atoms with E-state index in [1.165, 1.54) is 18.4 Å². The Bertz CT molecular complexity index is 623. The number of carbonyl (C=O) groups excluding carboxylic acids is 1. The summed E-state index contributed by atoms with van der Waals surface area (Å²) in [6.45, 7) is 2.59. The molecule has 6 nitrogen and oxygen atoms in total. The van der Waals surface area contributed by atoms with Crippen molar-refractivity contribution in [3.63, 3.8) is 0 Å². The van der Waals surface area contributed by atoms with E-state index in [0.717, 1.165) is 6.54 Å². The van der Waals surface area contributed by atoms with Gasteiger partial charge in [0.25, 0.3) is 0 Å². The molecular formula is C16H22Cl2FN3O3. The van der Waals surface area contributed by atoms with Crippen LogP contribution in [0.5, 0.6) is 0 Å². The Labute approximate surface area is 158 Å². The monoisotopic (exact) mass is 393 g/mol. The Hall–Kier alpha value is -1.67. The molecule has 0 unspecified atom stereocenters. The van der Waals surface area contributed by atoms with Crippen molar-refractivity contribution >= 4 is 30.7 Å². The minimum Gasteiger partial charge on any atom is -0.444 e. The molecule has 1 aromatic carbocycles. The van der Waals surface area contributed by atoms with Gasteiger partial charge in [0.2, 0.25) is 11.8 Å². The Morgan fingerprint density at radius 1 is 1.20 bits per heavy atom. The lowest BCUT2D eigenvalue weighted by Gasteiger charge is -2.05. The van der Waals surface area contributed by atoms with Gasteiger partial charge in [-0.3, -0.25) is 4.79 Å². The van der Waals surface area contributed by atoms with Gasteiger partial charge in [0.05, 0.1) is 18.7 Å². The molecule has 0 aliphatic carbocycles. The van der Waals surface area contributed by atoms with Crippen molar-refractivity contribution in [3.8, 4) is 11.5 Å². The number of amides is 1. The van der Waals surface area contributed by atoms with E-state index in [1.54, 1.807) is 19.2 Å². The fourth-order valence-corrected chi connectivity index (χ4v) is 1.93. The third kappa shape index (κ3) is 8.31. The van der Waals surface area contributed by atoms with Crippen LogP contribution in [0.15, 0.2) is 34.9 Å². The van der Waals surface area contributed by atoms with Crippen molar-refractivity contribution in [2.24, 2.45) is 0 Å². The molecule has 1 amide bonds. The summed E-state index contributed by atoms with van der Waals surface area (Å²) >= 11 is 0. The van der Waals surface area contributed by atoms with Crippen LogP contribution in [0.1, 0.15) is 5.69 Å². The normalized spacial score (nSPS) is 9.84. The molecule has 0 bridgehead atoms. The predicted octanol–water partition coefficient (Wildman–Crippen LogP) is 2.22. The quantitative estimate of drug-likeness (QED) is 0.638. The number of nitrogens with zero attached hydrogens (tertiary/aromatic N) is 1. The molecule has 9 heteroatoms. The van der Waals surface area contributed by atoms with E-state index >= 15 is 0 Å². The number of carbonyl (C=O) groups is 1. The van der Waals surface area contributed by atoms with Crippen molar-refractivity contribution in [1.82, 2.24) is 15.6 Å². The van der Waals surface area contributed by atoms with Crippen molar-refractivity contribution < 1.29 is 18.3 Å². The number of oxazole rings is 1. The largest absolute Gasteiger partial charge is 0.444 e. The van der Waals surface area contributed by atoms with E-state index in [-0.39, 0.29) is 43.0 Å². The summed E-state index contributed by atoms with van der Waals surface area (Å²) in [7, 11) is 1.64. The van der Waals surface area contributed by atoms with Crippen LogP contribution < -0.4 is 10.6 Å².